The van der Waals surface area contributed by atoms with Gasteiger partial charge in [-0.2, -0.15) is 0 Å². The first kappa shape index (κ1) is 16.3. The van der Waals surface area contributed by atoms with E-state index in [1.807, 2.05) is 0 Å². The fraction of sp³-hybridized carbons (Fsp3) is 0.667. The van der Waals surface area contributed by atoms with Crippen LogP contribution in [0.25, 0.3) is 0 Å². The van der Waals surface area contributed by atoms with Crippen molar-refractivity contribution in [3.63, 3.8) is 0 Å². The van der Waals surface area contributed by atoms with Gasteiger partial charge in [-0.05, 0) is 50.0 Å². The molecule has 21 heavy (non-hydrogen) atoms. The van der Waals surface area contributed by atoms with Gasteiger partial charge in [0.1, 0.15) is 0 Å². The number of piperidine rings is 1. The number of nitrogens with one attached hydrogen (secondary N) is 1. The van der Waals surface area contributed by atoms with E-state index in [1.54, 1.807) is 0 Å². The molecule has 1 aromatic rings. The van der Waals surface area contributed by atoms with Gasteiger partial charge in [0.25, 0.3) is 0 Å². The summed E-state index contributed by atoms with van der Waals surface area (Å²) in [6.07, 6.45) is 5.29. The minimum absolute atomic E-state index is 0.686. The quantitative estimate of drug-likeness (QED) is 0.832. The maximum Gasteiger partial charge on any atom is 0.0361 e. The Morgan fingerprint density at radius 3 is 2.48 bits per heavy atom. The van der Waals surface area contributed by atoms with Crippen molar-refractivity contribution >= 4 is 5.69 Å². The average molecular weight is 289 g/mol. The van der Waals surface area contributed by atoms with Crippen molar-refractivity contribution in [1.29, 1.82) is 0 Å². The third kappa shape index (κ3) is 5.33. The molecule has 0 spiro atoms. The van der Waals surface area contributed by atoms with E-state index < -0.39 is 0 Å². The van der Waals surface area contributed by atoms with Crippen molar-refractivity contribution in [1.82, 2.24) is 10.2 Å². The molecule has 1 atom stereocenters. The summed E-state index contributed by atoms with van der Waals surface area (Å²) in [4.78, 5) is 4.76. The van der Waals surface area contributed by atoms with E-state index in [9.17, 15) is 0 Å². The van der Waals surface area contributed by atoms with Crippen LogP contribution in [0.5, 0.6) is 0 Å². The lowest BCUT2D eigenvalue weighted by Crippen LogP contribution is -2.43. The van der Waals surface area contributed by atoms with Crippen LogP contribution in [0.4, 0.5) is 5.69 Å². The second kappa shape index (κ2) is 8.40. The second-order valence-corrected chi connectivity index (χ2v) is 6.44. The van der Waals surface area contributed by atoms with Gasteiger partial charge in [0.2, 0.25) is 0 Å². The normalized spacial score (nSPS) is 19.0. The number of hydrogen-bond acceptors (Lipinski definition) is 3. The lowest BCUT2D eigenvalue weighted by molar-refractivity contribution is 0.217. The lowest BCUT2D eigenvalue weighted by Gasteiger charge is -2.30. The zero-order valence-electron chi connectivity index (χ0n) is 13.9. The van der Waals surface area contributed by atoms with Crippen molar-refractivity contribution in [3.05, 3.63) is 29.8 Å². The molecule has 1 unspecified atom stereocenters. The highest BCUT2D eigenvalue weighted by Gasteiger charge is 2.16. The number of nitrogens with zero attached hydrogens (tertiary/aromatic N) is 2. The molecular weight excluding hydrogens is 258 g/mol. The number of rotatable bonds is 7. The van der Waals surface area contributed by atoms with E-state index in [-0.39, 0.29) is 0 Å². The van der Waals surface area contributed by atoms with Crippen LogP contribution in [0.2, 0.25) is 0 Å². The largest absolute Gasteiger partial charge is 0.378 e. The zero-order valence-corrected chi connectivity index (χ0v) is 13.9. The summed E-state index contributed by atoms with van der Waals surface area (Å²) >= 11 is 0. The molecule has 118 valence electrons. The first-order chi connectivity index (χ1) is 10.2. The fourth-order valence-electron chi connectivity index (χ4n) is 3.10. The van der Waals surface area contributed by atoms with E-state index in [2.05, 4.69) is 60.4 Å². The Morgan fingerprint density at radius 1 is 1.14 bits per heavy atom. The molecule has 1 aromatic carbocycles. The van der Waals surface area contributed by atoms with E-state index in [1.165, 1.54) is 56.6 Å². The second-order valence-electron chi connectivity index (χ2n) is 6.44. The Kier molecular flexibility index (Phi) is 6.52. The smallest absolute Gasteiger partial charge is 0.0361 e. The SMILES string of the molecule is CCCN(Cc1ccc(N(C)C)cc1)CC1CCCCN1. The fourth-order valence-corrected chi connectivity index (χ4v) is 3.10. The maximum atomic E-state index is 3.67. The first-order valence-corrected chi connectivity index (χ1v) is 8.41. The summed E-state index contributed by atoms with van der Waals surface area (Å²) in [7, 11) is 4.18. The number of benzene rings is 1. The van der Waals surface area contributed by atoms with Gasteiger partial charge in [-0.25, -0.2) is 0 Å². The van der Waals surface area contributed by atoms with Crippen molar-refractivity contribution in [2.45, 2.75) is 45.2 Å². The average Bonchev–Trinajstić information content (AvgIpc) is 2.49. The molecule has 1 aliphatic heterocycles. The van der Waals surface area contributed by atoms with Gasteiger partial charge in [-0.1, -0.05) is 25.5 Å². The summed E-state index contributed by atoms with van der Waals surface area (Å²) in [6.45, 7) is 6.91. The van der Waals surface area contributed by atoms with Crippen molar-refractivity contribution < 1.29 is 0 Å². The summed E-state index contributed by atoms with van der Waals surface area (Å²) in [5.74, 6) is 0. The van der Waals surface area contributed by atoms with Gasteiger partial charge in [0, 0.05) is 38.9 Å². The predicted octanol–water partition coefficient (Wildman–Crippen LogP) is 3.11. The van der Waals surface area contributed by atoms with Gasteiger partial charge in [-0.15, -0.1) is 0 Å². The molecule has 0 bridgehead atoms. The van der Waals surface area contributed by atoms with Crippen LogP contribution in [-0.2, 0) is 6.54 Å². The molecular formula is C18H31N3. The van der Waals surface area contributed by atoms with Gasteiger partial charge < -0.3 is 10.2 Å². The monoisotopic (exact) mass is 289 g/mol. The Balaban J connectivity index is 1.91. The van der Waals surface area contributed by atoms with E-state index >= 15 is 0 Å². The number of hydrogen-bond donors (Lipinski definition) is 1. The third-order valence-electron chi connectivity index (χ3n) is 4.29. The molecule has 1 heterocycles. The highest BCUT2D eigenvalue weighted by atomic mass is 15.1. The summed E-state index contributed by atoms with van der Waals surface area (Å²) < 4.78 is 0. The minimum atomic E-state index is 0.686. The van der Waals surface area contributed by atoms with Crippen LogP contribution in [0.1, 0.15) is 38.2 Å². The Labute approximate surface area is 130 Å². The van der Waals surface area contributed by atoms with Crippen LogP contribution < -0.4 is 10.2 Å². The highest BCUT2D eigenvalue weighted by molar-refractivity contribution is 5.45. The minimum Gasteiger partial charge on any atom is -0.378 e. The maximum absolute atomic E-state index is 3.67. The topological polar surface area (TPSA) is 18.5 Å². The molecule has 0 saturated carbocycles. The van der Waals surface area contributed by atoms with Crippen LogP contribution >= 0.6 is 0 Å². The first-order valence-electron chi connectivity index (χ1n) is 8.41. The summed E-state index contributed by atoms with van der Waals surface area (Å²) in [5, 5.41) is 3.67. The van der Waals surface area contributed by atoms with Crippen LogP contribution in [0.3, 0.4) is 0 Å². The molecule has 2 rings (SSSR count). The molecule has 0 aliphatic carbocycles. The summed E-state index contributed by atoms with van der Waals surface area (Å²) in [5.41, 5.74) is 2.69. The van der Waals surface area contributed by atoms with Crippen LogP contribution in [0.15, 0.2) is 24.3 Å². The van der Waals surface area contributed by atoms with E-state index in [0.717, 1.165) is 6.54 Å². The van der Waals surface area contributed by atoms with Crippen molar-refractivity contribution in [2.24, 2.45) is 0 Å². The van der Waals surface area contributed by atoms with E-state index in [0.29, 0.717) is 6.04 Å². The van der Waals surface area contributed by atoms with Crippen molar-refractivity contribution in [2.75, 3.05) is 38.6 Å². The highest BCUT2D eigenvalue weighted by Crippen LogP contribution is 2.15. The summed E-state index contributed by atoms with van der Waals surface area (Å²) in [6, 6.07) is 9.67. The van der Waals surface area contributed by atoms with Gasteiger partial charge in [0.05, 0.1) is 0 Å². The molecule has 3 heteroatoms. The predicted molar refractivity (Wildman–Crippen MR) is 92.0 cm³/mol. The third-order valence-corrected chi connectivity index (χ3v) is 4.29. The van der Waals surface area contributed by atoms with Crippen LogP contribution in [-0.4, -0.2) is 44.7 Å². The molecule has 1 saturated heterocycles. The van der Waals surface area contributed by atoms with Crippen molar-refractivity contribution in [3.8, 4) is 0 Å². The molecule has 0 radical (unpaired) electrons. The molecule has 3 nitrogen and oxygen atoms in total. The standard InChI is InChI=1S/C18H31N3/c1-4-13-21(15-17-7-5-6-12-19-17)14-16-8-10-18(11-9-16)20(2)3/h8-11,17,19H,4-7,12-15H2,1-3H3. The lowest BCUT2D eigenvalue weighted by atomic mass is 10.0. The number of anilines is 1. The zero-order chi connectivity index (χ0) is 15.1. The van der Waals surface area contributed by atoms with Gasteiger partial charge >= 0.3 is 0 Å². The molecule has 0 aromatic heterocycles. The Bertz CT molecular complexity index is 393. The molecule has 0 amide bonds. The molecule has 1 N–H and O–H groups in total. The van der Waals surface area contributed by atoms with E-state index in [4.69, 9.17) is 0 Å². The molecule has 1 fully saturated rings. The Morgan fingerprint density at radius 2 is 1.90 bits per heavy atom. The Hall–Kier alpha value is -1.06. The van der Waals surface area contributed by atoms with Gasteiger partial charge in [0.15, 0.2) is 0 Å². The van der Waals surface area contributed by atoms with Gasteiger partial charge in [-0.3, -0.25) is 4.90 Å². The van der Waals surface area contributed by atoms with Crippen LogP contribution in [0, 0.1) is 0 Å². The molecule has 1 aliphatic rings.